The van der Waals surface area contributed by atoms with Crippen LogP contribution in [0.5, 0.6) is 0 Å². The highest BCUT2D eigenvalue weighted by molar-refractivity contribution is 7.92. The molecule has 24 heavy (non-hydrogen) atoms. The zero-order valence-electron chi connectivity index (χ0n) is 13.3. The van der Waals surface area contributed by atoms with Crippen LogP contribution < -0.4 is 9.62 Å². The Morgan fingerprint density at radius 1 is 1.08 bits per heavy atom. The maximum Gasteiger partial charge on any atom is 0.232 e. The van der Waals surface area contributed by atoms with Crippen molar-refractivity contribution in [2.45, 2.75) is 6.42 Å². The summed E-state index contributed by atoms with van der Waals surface area (Å²) in [6, 6.07) is 15.8. The third-order valence-electron chi connectivity index (χ3n) is 3.36. The van der Waals surface area contributed by atoms with Gasteiger partial charge in [0, 0.05) is 11.6 Å². The second-order valence-electron chi connectivity index (χ2n) is 5.32. The lowest BCUT2D eigenvalue weighted by atomic mass is 10.1. The van der Waals surface area contributed by atoms with Gasteiger partial charge in [-0.25, -0.2) is 8.42 Å². The van der Waals surface area contributed by atoms with Crippen LogP contribution in [0.1, 0.15) is 5.56 Å². The summed E-state index contributed by atoms with van der Waals surface area (Å²) in [7, 11) is -3.41. The molecule has 0 aliphatic heterocycles. The first kappa shape index (κ1) is 18.3. The lowest BCUT2D eigenvalue weighted by Gasteiger charge is -2.22. The quantitative estimate of drug-likeness (QED) is 0.818. The summed E-state index contributed by atoms with van der Waals surface area (Å²) in [5.41, 5.74) is 1.42. The molecule has 0 bridgehead atoms. The zero-order chi connectivity index (χ0) is 17.6. The number of amides is 1. The molecule has 0 fully saturated rings. The Hall–Kier alpha value is -2.05. The molecule has 0 heterocycles. The van der Waals surface area contributed by atoms with E-state index in [2.05, 4.69) is 5.32 Å². The summed E-state index contributed by atoms with van der Waals surface area (Å²) in [6.07, 6.45) is 1.37. The highest BCUT2D eigenvalue weighted by Crippen LogP contribution is 2.15. The van der Waals surface area contributed by atoms with Gasteiger partial charge >= 0.3 is 0 Å². The van der Waals surface area contributed by atoms with Crippen LogP contribution in [0, 0.1) is 0 Å². The second-order valence-corrected chi connectivity index (χ2v) is 7.67. The summed E-state index contributed by atoms with van der Waals surface area (Å²) < 4.78 is 25.1. The summed E-state index contributed by atoms with van der Waals surface area (Å²) in [4.78, 5) is 12.0. The Morgan fingerprint density at radius 2 is 1.71 bits per heavy atom. The average molecular weight is 367 g/mol. The fourth-order valence-electron chi connectivity index (χ4n) is 2.23. The molecule has 0 saturated carbocycles. The van der Waals surface area contributed by atoms with E-state index in [4.69, 9.17) is 11.6 Å². The van der Waals surface area contributed by atoms with Crippen LogP contribution in [0.4, 0.5) is 5.69 Å². The third-order valence-corrected chi connectivity index (χ3v) is 4.81. The van der Waals surface area contributed by atoms with Gasteiger partial charge in [-0.1, -0.05) is 41.9 Å². The highest BCUT2D eigenvalue weighted by atomic mass is 35.5. The first-order valence-corrected chi connectivity index (χ1v) is 9.63. The Balaban J connectivity index is 1.91. The fraction of sp³-hybridized carbons (Fsp3) is 0.235. The number of nitrogens with zero attached hydrogens (tertiary/aromatic N) is 1. The molecule has 0 atom stereocenters. The molecule has 2 aromatic carbocycles. The predicted octanol–water partition coefficient (Wildman–Crippen LogP) is 2.46. The van der Waals surface area contributed by atoms with E-state index in [9.17, 15) is 13.2 Å². The molecule has 5 nitrogen and oxygen atoms in total. The minimum atomic E-state index is -3.41. The van der Waals surface area contributed by atoms with Crippen molar-refractivity contribution in [2.75, 3.05) is 23.7 Å². The minimum absolute atomic E-state index is 0.168. The second kappa shape index (κ2) is 8.17. The smallest absolute Gasteiger partial charge is 0.232 e. The monoisotopic (exact) mass is 366 g/mol. The number of nitrogens with one attached hydrogen (secondary N) is 1. The van der Waals surface area contributed by atoms with Gasteiger partial charge in [-0.15, -0.1) is 0 Å². The molecule has 2 aromatic rings. The Kier molecular flexibility index (Phi) is 6.23. The van der Waals surface area contributed by atoms with E-state index in [1.807, 2.05) is 6.07 Å². The average Bonchev–Trinajstić information content (AvgIpc) is 2.53. The Bertz CT molecular complexity index is 777. The van der Waals surface area contributed by atoms with E-state index < -0.39 is 10.0 Å². The van der Waals surface area contributed by atoms with Crippen molar-refractivity contribution in [3.63, 3.8) is 0 Å². The standard InChI is InChI=1S/C17H19ClN2O3S/c1-24(22,23)20(16-5-3-2-4-6-16)12-11-19-17(21)13-14-7-9-15(18)10-8-14/h2-10H,11-13H2,1H3,(H,19,21). The molecule has 0 aliphatic rings. The molecule has 0 aliphatic carbocycles. The molecule has 128 valence electrons. The number of halogens is 1. The molecule has 0 spiro atoms. The normalized spacial score (nSPS) is 11.1. The summed E-state index contributed by atoms with van der Waals surface area (Å²) in [5.74, 6) is -0.168. The molecule has 0 saturated heterocycles. The minimum Gasteiger partial charge on any atom is -0.354 e. The van der Waals surface area contributed by atoms with Crippen LogP contribution in [0.25, 0.3) is 0 Å². The molecule has 0 unspecified atom stereocenters. The number of anilines is 1. The van der Waals surface area contributed by atoms with Gasteiger partial charge in [0.1, 0.15) is 0 Å². The molecule has 7 heteroatoms. The molecule has 1 amide bonds. The van der Waals surface area contributed by atoms with Crippen LogP contribution in [0.2, 0.25) is 5.02 Å². The van der Waals surface area contributed by atoms with E-state index >= 15 is 0 Å². The van der Waals surface area contributed by atoms with E-state index in [0.717, 1.165) is 11.8 Å². The molecule has 0 aromatic heterocycles. The van der Waals surface area contributed by atoms with Crippen LogP contribution in [-0.4, -0.2) is 33.7 Å². The molecule has 2 rings (SSSR count). The van der Waals surface area contributed by atoms with Crippen molar-refractivity contribution < 1.29 is 13.2 Å². The first-order chi connectivity index (χ1) is 11.4. The molecular weight excluding hydrogens is 348 g/mol. The Morgan fingerprint density at radius 3 is 2.29 bits per heavy atom. The van der Waals surface area contributed by atoms with Gasteiger partial charge in [0.15, 0.2) is 0 Å². The van der Waals surface area contributed by atoms with E-state index in [1.165, 1.54) is 4.31 Å². The van der Waals surface area contributed by atoms with Crippen molar-refractivity contribution in [3.05, 3.63) is 65.2 Å². The first-order valence-electron chi connectivity index (χ1n) is 7.40. The highest BCUT2D eigenvalue weighted by Gasteiger charge is 2.16. The van der Waals surface area contributed by atoms with Crippen LogP contribution in [0.15, 0.2) is 54.6 Å². The lowest BCUT2D eigenvalue weighted by molar-refractivity contribution is -0.120. The third kappa shape index (κ3) is 5.54. The molecular formula is C17H19ClN2O3S. The van der Waals surface area contributed by atoms with Gasteiger partial charge < -0.3 is 5.32 Å². The van der Waals surface area contributed by atoms with Crippen LogP contribution in [-0.2, 0) is 21.2 Å². The SMILES string of the molecule is CS(=O)(=O)N(CCNC(=O)Cc1ccc(Cl)cc1)c1ccccc1. The van der Waals surface area contributed by atoms with Crippen molar-refractivity contribution in [3.8, 4) is 0 Å². The number of sulfonamides is 1. The number of benzene rings is 2. The van der Waals surface area contributed by atoms with E-state index in [-0.39, 0.29) is 25.4 Å². The topological polar surface area (TPSA) is 66.5 Å². The lowest BCUT2D eigenvalue weighted by Crippen LogP contribution is -2.38. The molecule has 0 radical (unpaired) electrons. The van der Waals surface area contributed by atoms with Gasteiger partial charge in [-0.05, 0) is 29.8 Å². The van der Waals surface area contributed by atoms with Crippen LogP contribution in [0.3, 0.4) is 0 Å². The maximum atomic E-state index is 12.0. The zero-order valence-corrected chi connectivity index (χ0v) is 14.8. The largest absolute Gasteiger partial charge is 0.354 e. The number of carbonyl (C=O) groups is 1. The van der Waals surface area contributed by atoms with Crippen molar-refractivity contribution >= 4 is 33.2 Å². The van der Waals surface area contributed by atoms with Gasteiger partial charge in [0.05, 0.1) is 24.9 Å². The number of para-hydroxylation sites is 1. The van der Waals surface area contributed by atoms with Crippen LogP contribution >= 0.6 is 11.6 Å². The summed E-state index contributed by atoms with van der Waals surface area (Å²) in [5, 5.41) is 3.36. The number of hydrogen-bond acceptors (Lipinski definition) is 3. The van der Waals surface area contributed by atoms with Gasteiger partial charge in [0.25, 0.3) is 0 Å². The van der Waals surface area contributed by atoms with Crippen molar-refractivity contribution in [1.29, 1.82) is 0 Å². The number of carbonyl (C=O) groups excluding carboxylic acids is 1. The fourth-order valence-corrected chi connectivity index (χ4v) is 3.28. The predicted molar refractivity (Wildman–Crippen MR) is 96.8 cm³/mol. The van der Waals surface area contributed by atoms with E-state index in [1.54, 1.807) is 48.5 Å². The van der Waals surface area contributed by atoms with Gasteiger partial charge in [0.2, 0.25) is 15.9 Å². The van der Waals surface area contributed by atoms with Gasteiger partial charge in [-0.3, -0.25) is 9.10 Å². The summed E-state index contributed by atoms with van der Waals surface area (Å²) in [6.45, 7) is 0.406. The van der Waals surface area contributed by atoms with Crippen molar-refractivity contribution in [2.24, 2.45) is 0 Å². The number of hydrogen-bond donors (Lipinski definition) is 1. The van der Waals surface area contributed by atoms with Crippen molar-refractivity contribution in [1.82, 2.24) is 5.32 Å². The maximum absolute atomic E-state index is 12.0. The number of rotatable bonds is 7. The Labute approximate surface area is 147 Å². The molecule has 1 N–H and O–H groups in total. The van der Waals surface area contributed by atoms with E-state index in [0.29, 0.717) is 10.7 Å². The summed E-state index contributed by atoms with van der Waals surface area (Å²) >= 11 is 5.80. The van der Waals surface area contributed by atoms with Gasteiger partial charge in [-0.2, -0.15) is 0 Å².